The highest BCUT2D eigenvalue weighted by atomic mass is 16.5. The highest BCUT2D eigenvalue weighted by Crippen LogP contribution is 1.94. The fraction of sp³-hybridized carbons (Fsp3) is 0.400. The minimum atomic E-state index is 0.461. The zero-order chi connectivity index (χ0) is 9.36. The second kappa shape index (κ2) is 6.15. The number of ether oxygens (including phenoxy) is 1. The van der Waals surface area contributed by atoms with Crippen molar-refractivity contribution in [1.82, 2.24) is 4.98 Å². The maximum Gasteiger partial charge on any atom is 0.0645 e. The van der Waals surface area contributed by atoms with Gasteiger partial charge < -0.3 is 4.74 Å². The van der Waals surface area contributed by atoms with Crippen LogP contribution in [0.25, 0.3) is 0 Å². The minimum Gasteiger partial charge on any atom is -0.380 e. The number of aromatic nitrogens is 1. The molecule has 0 bridgehead atoms. The van der Waals surface area contributed by atoms with Crippen LogP contribution in [0.2, 0.25) is 0 Å². The van der Waals surface area contributed by atoms with E-state index in [1.807, 2.05) is 24.3 Å². The van der Waals surface area contributed by atoms with Gasteiger partial charge in [-0.3, -0.25) is 4.98 Å². The van der Waals surface area contributed by atoms with Crippen LogP contribution in [0.3, 0.4) is 0 Å². The molecule has 0 saturated carbocycles. The van der Waals surface area contributed by atoms with E-state index in [9.17, 15) is 0 Å². The monoisotopic (exact) mass is 176 g/mol. The maximum absolute atomic E-state index is 8.24. The predicted octanol–water partition coefficient (Wildman–Crippen LogP) is 1.55. The SMILES string of the molecule is N#CCCOCCc1ccccn1. The van der Waals surface area contributed by atoms with Gasteiger partial charge in [-0.05, 0) is 12.1 Å². The molecule has 0 spiro atoms. The molecule has 0 aromatic carbocycles. The Bertz CT molecular complexity index is 266. The van der Waals surface area contributed by atoms with E-state index >= 15 is 0 Å². The first-order valence-corrected chi connectivity index (χ1v) is 4.28. The molecule has 1 aromatic heterocycles. The highest BCUT2D eigenvalue weighted by Gasteiger charge is 1.92. The molecule has 0 atom stereocenters. The van der Waals surface area contributed by atoms with E-state index in [4.69, 9.17) is 10.00 Å². The first-order valence-electron chi connectivity index (χ1n) is 4.28. The Hall–Kier alpha value is -1.40. The number of hydrogen-bond donors (Lipinski definition) is 0. The Morgan fingerprint density at radius 3 is 3.00 bits per heavy atom. The van der Waals surface area contributed by atoms with Crippen molar-refractivity contribution in [3.05, 3.63) is 30.1 Å². The minimum absolute atomic E-state index is 0.461. The Morgan fingerprint density at radius 1 is 1.38 bits per heavy atom. The molecule has 13 heavy (non-hydrogen) atoms. The van der Waals surface area contributed by atoms with E-state index in [0.29, 0.717) is 19.6 Å². The molecule has 0 N–H and O–H groups in total. The van der Waals surface area contributed by atoms with Crippen molar-refractivity contribution in [2.24, 2.45) is 0 Å². The van der Waals surface area contributed by atoms with Crippen LogP contribution >= 0.6 is 0 Å². The summed E-state index contributed by atoms with van der Waals surface area (Å²) in [5.41, 5.74) is 1.03. The molecule has 0 fully saturated rings. The van der Waals surface area contributed by atoms with Gasteiger partial charge in [0.25, 0.3) is 0 Å². The molecular formula is C10H12N2O. The van der Waals surface area contributed by atoms with E-state index in [1.54, 1.807) is 6.20 Å². The fourth-order valence-corrected chi connectivity index (χ4v) is 0.943. The summed E-state index contributed by atoms with van der Waals surface area (Å²) >= 11 is 0. The summed E-state index contributed by atoms with van der Waals surface area (Å²) in [5.74, 6) is 0. The summed E-state index contributed by atoms with van der Waals surface area (Å²) in [4.78, 5) is 4.15. The molecule has 0 saturated heterocycles. The third-order valence-corrected chi connectivity index (χ3v) is 1.59. The first kappa shape index (κ1) is 9.69. The Labute approximate surface area is 78.0 Å². The molecule has 0 aliphatic heterocycles. The van der Waals surface area contributed by atoms with E-state index in [-0.39, 0.29) is 0 Å². The van der Waals surface area contributed by atoms with Crippen LogP contribution in [-0.2, 0) is 11.2 Å². The molecule has 0 aliphatic rings. The van der Waals surface area contributed by atoms with Crippen molar-refractivity contribution in [3.63, 3.8) is 0 Å². The van der Waals surface area contributed by atoms with Crippen molar-refractivity contribution in [2.75, 3.05) is 13.2 Å². The smallest absolute Gasteiger partial charge is 0.0645 e. The molecule has 0 radical (unpaired) electrons. The van der Waals surface area contributed by atoms with Gasteiger partial charge in [-0.15, -0.1) is 0 Å². The summed E-state index contributed by atoms with van der Waals surface area (Å²) in [5, 5.41) is 8.24. The molecule has 0 aliphatic carbocycles. The van der Waals surface area contributed by atoms with Crippen LogP contribution in [0, 0.1) is 11.3 Å². The molecule has 1 aromatic rings. The second-order valence-corrected chi connectivity index (χ2v) is 2.59. The second-order valence-electron chi connectivity index (χ2n) is 2.59. The maximum atomic E-state index is 8.24. The van der Waals surface area contributed by atoms with Gasteiger partial charge in [0.05, 0.1) is 25.7 Å². The number of pyridine rings is 1. The first-order chi connectivity index (χ1) is 6.43. The van der Waals surface area contributed by atoms with E-state index in [1.165, 1.54) is 0 Å². The van der Waals surface area contributed by atoms with Crippen LogP contribution in [0.4, 0.5) is 0 Å². The lowest BCUT2D eigenvalue weighted by Crippen LogP contribution is -2.00. The largest absolute Gasteiger partial charge is 0.380 e. The Morgan fingerprint density at radius 2 is 2.31 bits per heavy atom. The summed E-state index contributed by atoms with van der Waals surface area (Å²) in [6.45, 7) is 1.15. The van der Waals surface area contributed by atoms with E-state index in [0.717, 1.165) is 12.1 Å². The third kappa shape index (κ3) is 4.24. The highest BCUT2D eigenvalue weighted by molar-refractivity contribution is 5.03. The van der Waals surface area contributed by atoms with Gasteiger partial charge >= 0.3 is 0 Å². The molecule has 3 nitrogen and oxygen atoms in total. The van der Waals surface area contributed by atoms with Gasteiger partial charge in [-0.25, -0.2) is 0 Å². The average Bonchev–Trinajstić information content (AvgIpc) is 2.19. The van der Waals surface area contributed by atoms with Crippen molar-refractivity contribution in [2.45, 2.75) is 12.8 Å². The molecule has 1 rings (SSSR count). The van der Waals surface area contributed by atoms with Crippen LogP contribution in [-0.4, -0.2) is 18.2 Å². The quantitative estimate of drug-likeness (QED) is 0.639. The van der Waals surface area contributed by atoms with Gasteiger partial charge in [-0.1, -0.05) is 6.07 Å². The zero-order valence-corrected chi connectivity index (χ0v) is 7.44. The van der Waals surface area contributed by atoms with Crippen LogP contribution < -0.4 is 0 Å². The molecule has 3 heteroatoms. The van der Waals surface area contributed by atoms with Crippen molar-refractivity contribution >= 4 is 0 Å². The van der Waals surface area contributed by atoms with Crippen LogP contribution in [0.5, 0.6) is 0 Å². The normalized spacial score (nSPS) is 9.46. The van der Waals surface area contributed by atoms with E-state index in [2.05, 4.69) is 4.98 Å². The Balaban J connectivity index is 2.11. The summed E-state index contributed by atoms with van der Waals surface area (Å²) in [7, 11) is 0. The number of rotatable bonds is 5. The predicted molar refractivity (Wildman–Crippen MR) is 49.0 cm³/mol. The zero-order valence-electron chi connectivity index (χ0n) is 7.44. The van der Waals surface area contributed by atoms with Crippen molar-refractivity contribution in [1.29, 1.82) is 5.26 Å². The summed E-state index contributed by atoms with van der Waals surface area (Å²) in [6, 6.07) is 7.84. The van der Waals surface area contributed by atoms with Gasteiger partial charge in [0.15, 0.2) is 0 Å². The topological polar surface area (TPSA) is 45.9 Å². The lowest BCUT2D eigenvalue weighted by atomic mass is 10.3. The van der Waals surface area contributed by atoms with Gasteiger partial charge in [0.2, 0.25) is 0 Å². The molecule has 68 valence electrons. The number of hydrogen-bond acceptors (Lipinski definition) is 3. The lowest BCUT2D eigenvalue weighted by molar-refractivity contribution is 0.142. The van der Waals surface area contributed by atoms with Gasteiger partial charge in [0, 0.05) is 18.3 Å². The average molecular weight is 176 g/mol. The molecule has 1 heterocycles. The summed E-state index contributed by atoms with van der Waals surface area (Å²) in [6.07, 6.45) is 3.04. The van der Waals surface area contributed by atoms with Crippen LogP contribution in [0.1, 0.15) is 12.1 Å². The van der Waals surface area contributed by atoms with Crippen molar-refractivity contribution in [3.8, 4) is 6.07 Å². The molecule has 0 unspecified atom stereocenters. The molecule has 0 amide bonds. The summed E-state index contributed by atoms with van der Waals surface area (Å²) < 4.78 is 5.22. The number of nitrogens with zero attached hydrogens (tertiary/aromatic N) is 2. The lowest BCUT2D eigenvalue weighted by Gasteiger charge is -2.00. The fourth-order valence-electron chi connectivity index (χ4n) is 0.943. The standard InChI is InChI=1S/C10H12N2O/c11-6-3-8-13-9-5-10-4-1-2-7-12-10/h1-2,4,7H,3,5,8-9H2. The van der Waals surface area contributed by atoms with E-state index < -0.39 is 0 Å². The van der Waals surface area contributed by atoms with Crippen molar-refractivity contribution < 1.29 is 4.74 Å². The Kier molecular flexibility index (Phi) is 4.58. The number of nitriles is 1. The third-order valence-electron chi connectivity index (χ3n) is 1.59. The molecular weight excluding hydrogens is 164 g/mol. The van der Waals surface area contributed by atoms with Gasteiger partial charge in [-0.2, -0.15) is 5.26 Å². The van der Waals surface area contributed by atoms with Gasteiger partial charge in [0.1, 0.15) is 0 Å². The van der Waals surface area contributed by atoms with Crippen LogP contribution in [0.15, 0.2) is 24.4 Å².